The van der Waals surface area contributed by atoms with Gasteiger partial charge >= 0.3 is 0 Å². The van der Waals surface area contributed by atoms with Gasteiger partial charge in [0.2, 0.25) is 0 Å². The number of aromatic nitrogens is 2. The van der Waals surface area contributed by atoms with Crippen molar-refractivity contribution in [3.63, 3.8) is 0 Å². The Labute approximate surface area is 142 Å². The van der Waals surface area contributed by atoms with Gasteiger partial charge in [0, 0.05) is 38.9 Å². The Morgan fingerprint density at radius 3 is 2.38 bits per heavy atom. The summed E-state index contributed by atoms with van der Waals surface area (Å²) in [5, 5.41) is 0. The smallest absolute Gasteiger partial charge is 0.274 e. The largest absolute Gasteiger partial charge is 0.335 e. The first-order valence-electron chi connectivity index (χ1n) is 8.31. The van der Waals surface area contributed by atoms with E-state index >= 15 is 0 Å². The molecule has 0 radical (unpaired) electrons. The van der Waals surface area contributed by atoms with Crippen LogP contribution in [0, 0.1) is 0 Å². The summed E-state index contributed by atoms with van der Waals surface area (Å²) in [7, 11) is 1.94. The van der Waals surface area contributed by atoms with Crippen LogP contribution in [0.5, 0.6) is 0 Å². The third kappa shape index (κ3) is 3.54. The molecular weight excluding hydrogens is 302 g/mol. The molecule has 0 bridgehead atoms. The molecule has 6 nitrogen and oxygen atoms in total. The van der Waals surface area contributed by atoms with E-state index in [9.17, 15) is 4.79 Å². The molecule has 1 aliphatic rings. The number of hydrogen-bond donors (Lipinski definition) is 0. The van der Waals surface area contributed by atoms with Gasteiger partial charge in [-0.3, -0.25) is 4.79 Å². The number of amides is 1. The van der Waals surface area contributed by atoms with E-state index in [2.05, 4.69) is 21.8 Å². The molecule has 2 heterocycles. The summed E-state index contributed by atoms with van der Waals surface area (Å²) >= 11 is 0. The summed E-state index contributed by atoms with van der Waals surface area (Å²) < 4.78 is 0. The zero-order valence-corrected chi connectivity index (χ0v) is 14.2. The highest BCUT2D eigenvalue weighted by atomic mass is 16.2. The number of rotatable bonds is 4. The number of nitrogens with zero attached hydrogens (tertiary/aromatic N) is 5. The molecule has 1 fully saturated rings. The second kappa shape index (κ2) is 7.40. The van der Waals surface area contributed by atoms with Crippen molar-refractivity contribution < 1.29 is 4.79 Å². The van der Waals surface area contributed by atoms with Crippen molar-refractivity contribution in [1.82, 2.24) is 19.8 Å². The minimum absolute atomic E-state index is 0.0350. The third-order valence-electron chi connectivity index (χ3n) is 4.45. The molecule has 126 valence electrons. The van der Waals surface area contributed by atoms with Crippen LogP contribution in [0.3, 0.4) is 0 Å². The van der Waals surface area contributed by atoms with E-state index in [4.69, 9.17) is 0 Å². The normalized spacial score (nSPS) is 15.3. The first-order valence-corrected chi connectivity index (χ1v) is 8.31. The highest BCUT2D eigenvalue weighted by Gasteiger charge is 2.22. The van der Waals surface area contributed by atoms with Crippen LogP contribution in [-0.2, 0) is 0 Å². The van der Waals surface area contributed by atoms with Crippen LogP contribution in [0.4, 0.5) is 11.5 Å². The Hall–Kier alpha value is -2.47. The van der Waals surface area contributed by atoms with Gasteiger partial charge < -0.3 is 14.7 Å². The summed E-state index contributed by atoms with van der Waals surface area (Å²) in [4.78, 5) is 27.4. The monoisotopic (exact) mass is 325 g/mol. The van der Waals surface area contributed by atoms with E-state index < -0.39 is 0 Å². The van der Waals surface area contributed by atoms with E-state index in [1.54, 1.807) is 12.4 Å². The van der Waals surface area contributed by atoms with Crippen LogP contribution in [0.15, 0.2) is 42.7 Å². The fraction of sp³-hybridized carbons (Fsp3) is 0.389. The lowest BCUT2D eigenvalue weighted by Gasteiger charge is -2.33. The highest BCUT2D eigenvalue weighted by molar-refractivity contribution is 5.92. The van der Waals surface area contributed by atoms with Crippen molar-refractivity contribution in [1.29, 1.82) is 0 Å². The molecule has 0 saturated carbocycles. The predicted molar refractivity (Wildman–Crippen MR) is 94.6 cm³/mol. The van der Waals surface area contributed by atoms with Gasteiger partial charge in [-0.05, 0) is 18.7 Å². The molecule has 1 saturated heterocycles. The summed E-state index contributed by atoms with van der Waals surface area (Å²) in [5.74, 6) is 0.681. The predicted octanol–water partition coefficient (Wildman–Crippen LogP) is 2.02. The van der Waals surface area contributed by atoms with Crippen LogP contribution in [0.2, 0.25) is 0 Å². The zero-order valence-electron chi connectivity index (χ0n) is 14.2. The van der Waals surface area contributed by atoms with Crippen molar-refractivity contribution in [2.45, 2.75) is 6.92 Å². The van der Waals surface area contributed by atoms with Gasteiger partial charge in [-0.1, -0.05) is 25.1 Å². The molecule has 0 atom stereocenters. The van der Waals surface area contributed by atoms with Crippen molar-refractivity contribution in [3.05, 3.63) is 48.4 Å². The van der Waals surface area contributed by atoms with Gasteiger partial charge in [0.1, 0.15) is 5.69 Å². The molecule has 1 aliphatic heterocycles. The fourth-order valence-electron chi connectivity index (χ4n) is 2.82. The molecule has 0 unspecified atom stereocenters. The average Bonchev–Trinajstić information content (AvgIpc) is 2.68. The van der Waals surface area contributed by atoms with E-state index in [1.165, 1.54) is 0 Å². The summed E-state index contributed by atoms with van der Waals surface area (Å²) in [6.45, 7) is 6.52. The molecule has 24 heavy (non-hydrogen) atoms. The minimum atomic E-state index is -0.0350. The SMILES string of the molecule is CCN1CCN(C(=O)c2cnc(N(C)c3ccccc3)cn2)CC1. The van der Waals surface area contributed by atoms with E-state index in [1.807, 2.05) is 47.2 Å². The van der Waals surface area contributed by atoms with Crippen LogP contribution < -0.4 is 4.90 Å². The van der Waals surface area contributed by atoms with Gasteiger partial charge in [-0.15, -0.1) is 0 Å². The van der Waals surface area contributed by atoms with Gasteiger partial charge in [0.15, 0.2) is 5.82 Å². The number of para-hydroxylation sites is 1. The Morgan fingerprint density at radius 1 is 1.08 bits per heavy atom. The minimum Gasteiger partial charge on any atom is -0.335 e. The molecule has 1 amide bonds. The average molecular weight is 325 g/mol. The molecule has 1 aromatic heterocycles. The molecule has 1 aromatic carbocycles. The lowest BCUT2D eigenvalue weighted by Crippen LogP contribution is -2.48. The lowest BCUT2D eigenvalue weighted by molar-refractivity contribution is 0.0637. The standard InChI is InChI=1S/C18H23N5O/c1-3-22-9-11-23(12-10-22)18(24)16-13-20-17(14-19-16)21(2)15-7-5-4-6-8-15/h4-8,13-14H,3,9-12H2,1-2H3. The first kappa shape index (κ1) is 16.4. The second-order valence-corrected chi connectivity index (χ2v) is 5.88. The van der Waals surface area contributed by atoms with Gasteiger partial charge in [0.05, 0.1) is 12.4 Å². The number of hydrogen-bond acceptors (Lipinski definition) is 5. The van der Waals surface area contributed by atoms with Crippen molar-refractivity contribution >= 4 is 17.4 Å². The first-order chi connectivity index (χ1) is 11.7. The van der Waals surface area contributed by atoms with Crippen molar-refractivity contribution in [2.75, 3.05) is 44.7 Å². The molecule has 0 N–H and O–H groups in total. The Morgan fingerprint density at radius 2 is 1.79 bits per heavy atom. The summed E-state index contributed by atoms with van der Waals surface area (Å²) in [6.07, 6.45) is 3.23. The Bertz CT molecular complexity index is 666. The summed E-state index contributed by atoms with van der Waals surface area (Å²) in [6, 6.07) is 9.95. The molecule has 0 spiro atoms. The maximum absolute atomic E-state index is 12.5. The zero-order chi connectivity index (χ0) is 16.9. The molecular formula is C18H23N5O. The number of anilines is 2. The maximum Gasteiger partial charge on any atom is 0.274 e. The fourth-order valence-corrected chi connectivity index (χ4v) is 2.82. The number of likely N-dealkylation sites (N-methyl/N-ethyl adjacent to an activating group) is 1. The molecule has 3 rings (SSSR count). The van der Waals surface area contributed by atoms with Crippen LogP contribution in [-0.4, -0.2) is 65.4 Å². The maximum atomic E-state index is 12.5. The third-order valence-corrected chi connectivity index (χ3v) is 4.45. The van der Waals surface area contributed by atoms with Crippen LogP contribution >= 0.6 is 0 Å². The van der Waals surface area contributed by atoms with E-state index in [0.29, 0.717) is 11.5 Å². The van der Waals surface area contributed by atoms with Crippen molar-refractivity contribution in [3.8, 4) is 0 Å². The lowest BCUT2D eigenvalue weighted by atomic mass is 10.2. The van der Waals surface area contributed by atoms with Gasteiger partial charge in [-0.2, -0.15) is 0 Å². The highest BCUT2D eigenvalue weighted by Crippen LogP contribution is 2.20. The number of carbonyl (C=O) groups is 1. The molecule has 2 aromatic rings. The summed E-state index contributed by atoms with van der Waals surface area (Å²) in [5.41, 5.74) is 1.44. The number of piperazine rings is 1. The van der Waals surface area contributed by atoms with Crippen LogP contribution in [0.25, 0.3) is 0 Å². The van der Waals surface area contributed by atoms with E-state index in [0.717, 1.165) is 38.4 Å². The Kier molecular flexibility index (Phi) is 5.05. The quantitative estimate of drug-likeness (QED) is 0.861. The molecule has 0 aliphatic carbocycles. The molecule has 6 heteroatoms. The van der Waals surface area contributed by atoms with Gasteiger partial charge in [-0.25, -0.2) is 9.97 Å². The van der Waals surface area contributed by atoms with E-state index in [-0.39, 0.29) is 5.91 Å². The van der Waals surface area contributed by atoms with Crippen LogP contribution in [0.1, 0.15) is 17.4 Å². The Balaban J connectivity index is 1.67. The van der Waals surface area contributed by atoms with Gasteiger partial charge in [0.25, 0.3) is 5.91 Å². The van der Waals surface area contributed by atoms with Crippen molar-refractivity contribution in [2.24, 2.45) is 0 Å². The number of carbonyl (C=O) groups excluding carboxylic acids is 1. The number of benzene rings is 1. The second-order valence-electron chi connectivity index (χ2n) is 5.88. The topological polar surface area (TPSA) is 52.6 Å².